The fourth-order valence-electron chi connectivity index (χ4n) is 1.73. The molecule has 88 valence electrons. The van der Waals surface area contributed by atoms with E-state index >= 15 is 0 Å². The molecular weight excluding hydrogens is 214 g/mol. The number of β-amino-alcohol motifs (C(OH)–C–C–N with tert-alkyl or cyclic N) is 2. The summed E-state index contributed by atoms with van der Waals surface area (Å²) in [5.41, 5.74) is -0.386. The molecule has 2 rings (SSSR count). The molecule has 2 atom stereocenters. The minimum Gasteiger partial charge on any atom is -0.489 e. The van der Waals surface area contributed by atoms with E-state index in [0.29, 0.717) is 5.82 Å². The van der Waals surface area contributed by atoms with E-state index in [1.807, 2.05) is 0 Å². The summed E-state index contributed by atoms with van der Waals surface area (Å²) in [6.07, 6.45) is -0.395. The molecule has 0 aromatic carbocycles. The van der Waals surface area contributed by atoms with Gasteiger partial charge in [0.2, 0.25) is 5.75 Å². The van der Waals surface area contributed by atoms with Crippen molar-refractivity contribution in [2.45, 2.75) is 12.2 Å². The lowest BCUT2D eigenvalue weighted by molar-refractivity contribution is 0.0572. The third kappa shape index (κ3) is 1.74. The van der Waals surface area contributed by atoms with E-state index < -0.39 is 12.2 Å². The van der Waals surface area contributed by atoms with E-state index in [2.05, 4.69) is 9.97 Å². The molecule has 2 heterocycles. The fraction of sp³-hybridized carbons (Fsp3) is 0.556. The molecule has 0 saturated carbocycles. The Morgan fingerprint density at radius 3 is 2.69 bits per heavy atom. The molecule has 7 nitrogen and oxygen atoms in total. The summed E-state index contributed by atoms with van der Waals surface area (Å²) >= 11 is 0. The normalized spacial score (nSPS) is 24.8. The second-order valence-corrected chi connectivity index (χ2v) is 3.63. The molecule has 1 aromatic heterocycles. The van der Waals surface area contributed by atoms with Crippen LogP contribution in [0.1, 0.15) is 0 Å². The number of hydrogen-bond acceptors (Lipinski definition) is 6. The quantitative estimate of drug-likeness (QED) is 0.558. The molecule has 1 aliphatic rings. The van der Waals surface area contributed by atoms with Crippen LogP contribution < -0.4 is 15.2 Å². The summed E-state index contributed by atoms with van der Waals surface area (Å²) in [6.45, 7) is 0.460. The summed E-state index contributed by atoms with van der Waals surface area (Å²) in [6, 6.07) is 0. The summed E-state index contributed by atoms with van der Waals surface area (Å²) in [5.74, 6) is 0.422. The third-order valence-electron chi connectivity index (χ3n) is 2.55. The Morgan fingerprint density at radius 2 is 2.12 bits per heavy atom. The van der Waals surface area contributed by atoms with Crippen molar-refractivity contribution < 1.29 is 14.9 Å². The first-order valence-electron chi connectivity index (χ1n) is 4.86. The van der Waals surface area contributed by atoms with Gasteiger partial charge in [0.25, 0.3) is 5.56 Å². The first-order valence-corrected chi connectivity index (χ1v) is 4.86. The maximum Gasteiger partial charge on any atom is 0.295 e. The predicted octanol–water partition coefficient (Wildman–Crippen LogP) is -1.68. The van der Waals surface area contributed by atoms with Crippen LogP contribution in [0.3, 0.4) is 0 Å². The van der Waals surface area contributed by atoms with Crippen LogP contribution in [0.5, 0.6) is 5.75 Å². The highest BCUT2D eigenvalue weighted by Gasteiger charge is 2.32. The Balaban J connectivity index is 2.34. The van der Waals surface area contributed by atoms with E-state index in [1.54, 1.807) is 4.90 Å². The Morgan fingerprint density at radius 1 is 1.50 bits per heavy atom. The number of ether oxygens (including phenoxy) is 1. The minimum atomic E-state index is -0.828. The summed E-state index contributed by atoms with van der Waals surface area (Å²) < 4.78 is 4.95. The molecule has 0 aliphatic carbocycles. The highest BCUT2D eigenvalue weighted by Crippen LogP contribution is 2.24. The van der Waals surface area contributed by atoms with Gasteiger partial charge in [-0.15, -0.1) is 0 Å². The number of aliphatic hydroxyl groups is 2. The number of aliphatic hydroxyl groups excluding tert-OH is 2. The standard InChI is InChI=1S/C9H13N3O4/c1-16-7-8(10-4-11-9(7)15)12-2-5(13)6(14)3-12/h4-6,13-14H,2-3H2,1H3,(H,10,11,15). The van der Waals surface area contributed by atoms with Crippen LogP contribution in [0.2, 0.25) is 0 Å². The Bertz CT molecular complexity index is 423. The Kier molecular flexibility index (Phi) is 2.80. The predicted molar refractivity (Wildman–Crippen MR) is 55.6 cm³/mol. The van der Waals surface area contributed by atoms with Crippen LogP contribution in [-0.4, -0.2) is 52.6 Å². The molecule has 1 fully saturated rings. The summed E-state index contributed by atoms with van der Waals surface area (Å²) in [7, 11) is 1.37. The van der Waals surface area contributed by atoms with E-state index in [1.165, 1.54) is 13.4 Å². The largest absolute Gasteiger partial charge is 0.489 e. The second-order valence-electron chi connectivity index (χ2n) is 3.63. The van der Waals surface area contributed by atoms with Crippen molar-refractivity contribution in [2.75, 3.05) is 25.1 Å². The fourth-order valence-corrected chi connectivity index (χ4v) is 1.73. The van der Waals surface area contributed by atoms with Crippen molar-refractivity contribution in [1.29, 1.82) is 0 Å². The van der Waals surface area contributed by atoms with E-state index in [-0.39, 0.29) is 24.4 Å². The van der Waals surface area contributed by atoms with Gasteiger partial charge in [-0.3, -0.25) is 4.79 Å². The maximum absolute atomic E-state index is 11.4. The lowest BCUT2D eigenvalue weighted by atomic mass is 10.3. The Labute approximate surface area is 91.3 Å². The molecule has 2 unspecified atom stereocenters. The van der Waals surface area contributed by atoms with Gasteiger partial charge in [0.15, 0.2) is 5.82 Å². The van der Waals surface area contributed by atoms with Crippen LogP contribution in [0, 0.1) is 0 Å². The van der Waals surface area contributed by atoms with Crippen molar-refractivity contribution in [1.82, 2.24) is 9.97 Å². The number of H-pyrrole nitrogens is 1. The van der Waals surface area contributed by atoms with Crippen LogP contribution in [0.4, 0.5) is 5.82 Å². The molecule has 1 aromatic rings. The van der Waals surface area contributed by atoms with Gasteiger partial charge in [-0.25, -0.2) is 4.98 Å². The average molecular weight is 227 g/mol. The molecule has 3 N–H and O–H groups in total. The van der Waals surface area contributed by atoms with E-state index in [0.717, 1.165) is 0 Å². The average Bonchev–Trinajstić information content (AvgIpc) is 2.59. The van der Waals surface area contributed by atoms with Gasteiger partial charge in [-0.2, -0.15) is 0 Å². The molecule has 0 amide bonds. The lowest BCUT2D eigenvalue weighted by Crippen LogP contribution is -2.25. The Hall–Kier alpha value is -1.60. The molecule has 7 heteroatoms. The zero-order chi connectivity index (χ0) is 11.7. The highest BCUT2D eigenvalue weighted by atomic mass is 16.5. The summed E-state index contributed by atoms with van der Waals surface area (Å²) in [5, 5.41) is 18.8. The van der Waals surface area contributed by atoms with Crippen LogP contribution in [0.15, 0.2) is 11.1 Å². The van der Waals surface area contributed by atoms with Crippen molar-refractivity contribution in [3.05, 3.63) is 16.7 Å². The molecular formula is C9H13N3O4. The van der Waals surface area contributed by atoms with Gasteiger partial charge >= 0.3 is 0 Å². The topological polar surface area (TPSA) is 98.7 Å². The SMILES string of the molecule is COc1c(N2CC(O)C(O)C2)nc[nH]c1=O. The van der Waals surface area contributed by atoms with Gasteiger partial charge in [0.1, 0.15) is 0 Å². The van der Waals surface area contributed by atoms with Crippen LogP contribution in [0.25, 0.3) is 0 Å². The van der Waals surface area contributed by atoms with E-state index in [4.69, 9.17) is 4.74 Å². The minimum absolute atomic E-state index is 0.0869. The molecule has 0 radical (unpaired) electrons. The van der Waals surface area contributed by atoms with Gasteiger partial charge < -0.3 is 24.8 Å². The molecule has 1 aliphatic heterocycles. The molecule has 1 saturated heterocycles. The first kappa shape index (κ1) is 10.9. The van der Waals surface area contributed by atoms with Crippen molar-refractivity contribution >= 4 is 5.82 Å². The first-order chi connectivity index (χ1) is 7.63. The van der Waals surface area contributed by atoms with Gasteiger partial charge in [0, 0.05) is 13.1 Å². The van der Waals surface area contributed by atoms with Crippen LogP contribution >= 0.6 is 0 Å². The number of anilines is 1. The zero-order valence-electron chi connectivity index (χ0n) is 8.75. The smallest absolute Gasteiger partial charge is 0.295 e. The van der Waals surface area contributed by atoms with Gasteiger partial charge in [-0.05, 0) is 0 Å². The molecule has 0 spiro atoms. The van der Waals surface area contributed by atoms with Gasteiger partial charge in [0.05, 0.1) is 25.6 Å². The molecule has 0 bridgehead atoms. The second kappa shape index (κ2) is 4.11. The molecule has 16 heavy (non-hydrogen) atoms. The van der Waals surface area contributed by atoms with Crippen molar-refractivity contribution in [3.8, 4) is 5.75 Å². The number of rotatable bonds is 2. The van der Waals surface area contributed by atoms with Gasteiger partial charge in [-0.1, -0.05) is 0 Å². The number of aromatic amines is 1. The monoisotopic (exact) mass is 227 g/mol. The van der Waals surface area contributed by atoms with E-state index in [9.17, 15) is 15.0 Å². The number of hydrogen-bond donors (Lipinski definition) is 3. The van der Waals surface area contributed by atoms with Crippen molar-refractivity contribution in [3.63, 3.8) is 0 Å². The van der Waals surface area contributed by atoms with Crippen LogP contribution in [-0.2, 0) is 0 Å². The number of nitrogens with one attached hydrogen (secondary N) is 1. The maximum atomic E-state index is 11.4. The number of methoxy groups -OCH3 is 1. The lowest BCUT2D eigenvalue weighted by Gasteiger charge is -2.17. The summed E-state index contributed by atoms with van der Waals surface area (Å²) in [4.78, 5) is 19.4. The number of aromatic nitrogens is 2. The third-order valence-corrected chi connectivity index (χ3v) is 2.55. The highest BCUT2D eigenvalue weighted by molar-refractivity contribution is 5.51. The van der Waals surface area contributed by atoms with Crippen molar-refractivity contribution in [2.24, 2.45) is 0 Å². The number of nitrogens with zero attached hydrogens (tertiary/aromatic N) is 2. The zero-order valence-corrected chi connectivity index (χ0v) is 8.75.